The first kappa shape index (κ1) is 15.4. The van der Waals surface area contributed by atoms with Crippen molar-refractivity contribution in [1.82, 2.24) is 10.6 Å². The molecule has 0 saturated heterocycles. The smallest absolute Gasteiger partial charge is 0.315 e. The van der Waals surface area contributed by atoms with E-state index in [1.807, 2.05) is 12.2 Å². The van der Waals surface area contributed by atoms with Crippen LogP contribution >= 0.6 is 0 Å². The summed E-state index contributed by atoms with van der Waals surface area (Å²) in [7, 11) is 0. The minimum atomic E-state index is -0.617. The van der Waals surface area contributed by atoms with Crippen molar-refractivity contribution in [3.63, 3.8) is 0 Å². The van der Waals surface area contributed by atoms with Gasteiger partial charge in [0.05, 0.1) is 0 Å². The molecule has 0 aromatic heterocycles. The molecule has 2 amide bonds. The van der Waals surface area contributed by atoms with Gasteiger partial charge < -0.3 is 15.7 Å². The van der Waals surface area contributed by atoms with Gasteiger partial charge in [-0.05, 0) is 24.5 Å². The van der Waals surface area contributed by atoms with E-state index in [0.29, 0.717) is 18.4 Å². The molecule has 21 heavy (non-hydrogen) atoms. The quantitative estimate of drug-likeness (QED) is 0.725. The first-order valence-corrected chi connectivity index (χ1v) is 6.86. The SMILES string of the molecule is O=C(NCCc1ccc(F)cc1F)N[C@@H]1C=C[C@H](CO)C1. The monoisotopic (exact) mass is 296 g/mol. The van der Waals surface area contributed by atoms with Gasteiger partial charge in [-0.2, -0.15) is 0 Å². The Balaban J connectivity index is 1.71. The summed E-state index contributed by atoms with van der Waals surface area (Å²) in [5.74, 6) is -1.14. The highest BCUT2D eigenvalue weighted by molar-refractivity contribution is 5.74. The number of nitrogens with one attached hydrogen (secondary N) is 2. The van der Waals surface area contributed by atoms with E-state index in [-0.39, 0.29) is 31.1 Å². The maximum absolute atomic E-state index is 13.4. The van der Waals surface area contributed by atoms with Gasteiger partial charge in [-0.1, -0.05) is 18.2 Å². The summed E-state index contributed by atoms with van der Waals surface area (Å²) in [5.41, 5.74) is 0.359. The first-order chi connectivity index (χ1) is 10.1. The van der Waals surface area contributed by atoms with E-state index in [1.165, 1.54) is 12.1 Å². The number of halogens is 2. The molecular formula is C15H18F2N2O2. The molecule has 2 atom stereocenters. The summed E-state index contributed by atoms with van der Waals surface area (Å²) < 4.78 is 26.1. The van der Waals surface area contributed by atoms with Crippen LogP contribution in [0.1, 0.15) is 12.0 Å². The molecule has 1 aromatic carbocycles. The van der Waals surface area contributed by atoms with Crippen LogP contribution in [-0.2, 0) is 6.42 Å². The fraction of sp³-hybridized carbons (Fsp3) is 0.400. The van der Waals surface area contributed by atoms with Gasteiger partial charge >= 0.3 is 6.03 Å². The zero-order valence-electron chi connectivity index (χ0n) is 11.5. The van der Waals surface area contributed by atoms with E-state index in [9.17, 15) is 13.6 Å². The minimum Gasteiger partial charge on any atom is -0.396 e. The topological polar surface area (TPSA) is 61.4 Å². The van der Waals surface area contributed by atoms with E-state index < -0.39 is 11.6 Å². The van der Waals surface area contributed by atoms with Crippen LogP contribution in [0.2, 0.25) is 0 Å². The Morgan fingerprint density at radius 3 is 2.81 bits per heavy atom. The Morgan fingerprint density at radius 1 is 1.33 bits per heavy atom. The molecule has 0 radical (unpaired) electrons. The number of carbonyl (C=O) groups excluding carboxylic acids is 1. The molecule has 0 unspecified atom stereocenters. The minimum absolute atomic E-state index is 0.0696. The highest BCUT2D eigenvalue weighted by Crippen LogP contribution is 2.16. The number of aliphatic hydroxyl groups is 1. The average molecular weight is 296 g/mol. The summed E-state index contributed by atoms with van der Waals surface area (Å²) in [6.45, 7) is 0.328. The van der Waals surface area contributed by atoms with Crippen molar-refractivity contribution in [3.05, 3.63) is 47.5 Å². The Morgan fingerprint density at radius 2 is 2.14 bits per heavy atom. The molecule has 0 saturated carbocycles. The lowest BCUT2D eigenvalue weighted by Crippen LogP contribution is -2.41. The molecule has 0 fully saturated rings. The lowest BCUT2D eigenvalue weighted by atomic mass is 10.1. The van der Waals surface area contributed by atoms with Gasteiger partial charge in [-0.25, -0.2) is 13.6 Å². The van der Waals surface area contributed by atoms with Crippen molar-refractivity contribution < 1.29 is 18.7 Å². The van der Waals surface area contributed by atoms with Crippen molar-refractivity contribution >= 4 is 6.03 Å². The van der Waals surface area contributed by atoms with E-state index >= 15 is 0 Å². The fourth-order valence-electron chi connectivity index (χ4n) is 2.27. The summed E-state index contributed by atoms with van der Waals surface area (Å²) in [5, 5.41) is 14.4. The van der Waals surface area contributed by atoms with Crippen LogP contribution in [0.4, 0.5) is 13.6 Å². The standard InChI is InChI=1S/C15H18F2N2O2/c16-12-3-2-11(14(17)8-12)5-6-18-15(21)19-13-4-1-10(7-13)9-20/h1-4,8,10,13,20H,5-7,9H2,(H2,18,19,21)/t10-,13+/m0/s1. The van der Waals surface area contributed by atoms with Crippen molar-refractivity contribution in [2.75, 3.05) is 13.2 Å². The Hall–Kier alpha value is -1.95. The van der Waals surface area contributed by atoms with Crippen molar-refractivity contribution in [2.24, 2.45) is 5.92 Å². The fourth-order valence-corrected chi connectivity index (χ4v) is 2.27. The maximum atomic E-state index is 13.4. The van der Waals surface area contributed by atoms with E-state index in [0.717, 1.165) is 6.07 Å². The first-order valence-electron chi connectivity index (χ1n) is 6.86. The second kappa shape index (κ2) is 7.17. The third-order valence-corrected chi connectivity index (χ3v) is 3.42. The molecule has 1 aliphatic carbocycles. The van der Waals surface area contributed by atoms with E-state index in [1.54, 1.807) is 0 Å². The summed E-state index contributed by atoms with van der Waals surface area (Å²) in [6.07, 6.45) is 4.69. The number of amides is 2. The molecule has 6 heteroatoms. The number of aliphatic hydroxyl groups excluding tert-OH is 1. The highest BCUT2D eigenvalue weighted by Gasteiger charge is 2.19. The van der Waals surface area contributed by atoms with Crippen LogP contribution in [0.25, 0.3) is 0 Å². The van der Waals surface area contributed by atoms with Crippen LogP contribution in [0.15, 0.2) is 30.4 Å². The van der Waals surface area contributed by atoms with Gasteiger partial charge in [-0.3, -0.25) is 0 Å². The second-order valence-corrected chi connectivity index (χ2v) is 5.06. The van der Waals surface area contributed by atoms with Crippen molar-refractivity contribution in [1.29, 1.82) is 0 Å². The third-order valence-electron chi connectivity index (χ3n) is 3.42. The summed E-state index contributed by atoms with van der Waals surface area (Å²) >= 11 is 0. The van der Waals surface area contributed by atoms with Crippen LogP contribution in [-0.4, -0.2) is 30.3 Å². The van der Waals surface area contributed by atoms with Gasteiger partial charge in [0.2, 0.25) is 0 Å². The molecule has 0 spiro atoms. The lowest BCUT2D eigenvalue weighted by Gasteiger charge is -2.13. The summed E-state index contributed by atoms with van der Waals surface area (Å²) in [6, 6.07) is 2.95. The molecule has 0 bridgehead atoms. The number of hydrogen-bond donors (Lipinski definition) is 3. The molecule has 114 valence electrons. The molecule has 0 heterocycles. The van der Waals surface area contributed by atoms with Gasteiger partial charge in [0, 0.05) is 31.2 Å². The summed E-state index contributed by atoms with van der Waals surface area (Å²) in [4.78, 5) is 11.7. The predicted molar refractivity (Wildman–Crippen MR) is 74.7 cm³/mol. The largest absolute Gasteiger partial charge is 0.396 e. The van der Waals surface area contributed by atoms with Gasteiger partial charge in [-0.15, -0.1) is 0 Å². The molecule has 2 rings (SSSR count). The highest BCUT2D eigenvalue weighted by atomic mass is 19.1. The van der Waals surface area contributed by atoms with Crippen molar-refractivity contribution in [2.45, 2.75) is 18.9 Å². The molecular weight excluding hydrogens is 278 g/mol. The normalized spacial score (nSPS) is 20.5. The Kier molecular flexibility index (Phi) is 5.27. The predicted octanol–water partition coefficient (Wildman–Crippen LogP) is 1.74. The van der Waals surface area contributed by atoms with Crippen LogP contribution in [0, 0.1) is 17.6 Å². The Bertz CT molecular complexity index is 534. The van der Waals surface area contributed by atoms with Crippen molar-refractivity contribution in [3.8, 4) is 0 Å². The number of urea groups is 1. The number of hydrogen-bond acceptors (Lipinski definition) is 2. The zero-order valence-corrected chi connectivity index (χ0v) is 11.5. The van der Waals surface area contributed by atoms with Crippen LogP contribution in [0.3, 0.4) is 0 Å². The zero-order chi connectivity index (χ0) is 15.2. The molecule has 3 N–H and O–H groups in total. The van der Waals surface area contributed by atoms with Crippen LogP contribution < -0.4 is 10.6 Å². The molecule has 1 aromatic rings. The Labute approximate surface area is 121 Å². The molecule has 1 aliphatic rings. The molecule has 0 aliphatic heterocycles. The van der Waals surface area contributed by atoms with Gasteiger partial charge in [0.25, 0.3) is 0 Å². The maximum Gasteiger partial charge on any atom is 0.315 e. The van der Waals surface area contributed by atoms with E-state index in [4.69, 9.17) is 5.11 Å². The number of benzene rings is 1. The van der Waals surface area contributed by atoms with E-state index in [2.05, 4.69) is 10.6 Å². The number of rotatable bonds is 5. The second-order valence-electron chi connectivity index (χ2n) is 5.06. The number of carbonyl (C=O) groups is 1. The van der Waals surface area contributed by atoms with Crippen LogP contribution in [0.5, 0.6) is 0 Å². The molecule has 4 nitrogen and oxygen atoms in total. The third kappa shape index (κ3) is 4.53. The van der Waals surface area contributed by atoms with Gasteiger partial charge in [0.1, 0.15) is 11.6 Å². The van der Waals surface area contributed by atoms with Gasteiger partial charge in [0.15, 0.2) is 0 Å². The lowest BCUT2D eigenvalue weighted by molar-refractivity contribution is 0.231. The average Bonchev–Trinajstić information content (AvgIpc) is 2.89.